The van der Waals surface area contributed by atoms with Crippen molar-refractivity contribution in [1.82, 2.24) is 9.78 Å². The Balaban J connectivity index is 2.33. The van der Waals surface area contributed by atoms with Crippen LogP contribution in [0, 0.1) is 25.2 Å². The van der Waals surface area contributed by atoms with E-state index in [0.717, 1.165) is 10.7 Å². The quantitative estimate of drug-likeness (QED) is 0.881. The van der Waals surface area contributed by atoms with E-state index in [0.29, 0.717) is 17.3 Å². The fraction of sp³-hybridized carbons (Fsp3) is 0.250. The number of amides is 1. The van der Waals surface area contributed by atoms with Gasteiger partial charge in [0, 0.05) is 5.02 Å². The minimum atomic E-state index is -4.73. The van der Waals surface area contributed by atoms with E-state index in [1.807, 2.05) is 0 Å². The Morgan fingerprint density at radius 3 is 2.62 bits per heavy atom. The minimum Gasteiger partial charge on any atom is -0.324 e. The third-order valence-electron chi connectivity index (χ3n) is 3.60. The number of hydrogen-bond acceptors (Lipinski definition) is 4. The largest absolute Gasteiger partial charge is 0.418 e. The number of alkyl halides is 3. The van der Waals surface area contributed by atoms with E-state index in [2.05, 4.69) is 10.4 Å². The first kappa shape index (κ1) is 19.5. The lowest BCUT2D eigenvalue weighted by molar-refractivity contribution is -0.137. The van der Waals surface area contributed by atoms with Crippen LogP contribution in [-0.2, 0) is 17.5 Å². The molecule has 0 aliphatic rings. The van der Waals surface area contributed by atoms with Crippen LogP contribution in [0.4, 0.5) is 18.9 Å². The zero-order valence-corrected chi connectivity index (χ0v) is 14.4. The van der Waals surface area contributed by atoms with E-state index >= 15 is 0 Å². The predicted octanol–water partition coefficient (Wildman–Crippen LogP) is 3.04. The number of benzene rings is 1. The Labute approximate surface area is 150 Å². The molecule has 1 heterocycles. The third kappa shape index (κ3) is 4.03. The molecule has 2 aromatic rings. The van der Waals surface area contributed by atoms with Gasteiger partial charge in [0.25, 0.3) is 5.56 Å². The first-order chi connectivity index (χ1) is 12.0. The van der Waals surface area contributed by atoms with Crippen molar-refractivity contribution in [3.63, 3.8) is 0 Å². The highest BCUT2D eigenvalue weighted by Gasteiger charge is 2.34. The zero-order valence-electron chi connectivity index (χ0n) is 13.6. The average molecular weight is 385 g/mol. The van der Waals surface area contributed by atoms with E-state index in [9.17, 15) is 22.8 Å². The molecule has 0 aliphatic carbocycles. The van der Waals surface area contributed by atoms with E-state index < -0.39 is 35.4 Å². The highest BCUT2D eigenvalue weighted by molar-refractivity contribution is 6.30. The number of rotatable bonds is 3. The van der Waals surface area contributed by atoms with Gasteiger partial charge in [0.2, 0.25) is 5.91 Å². The van der Waals surface area contributed by atoms with Crippen molar-refractivity contribution in [2.24, 2.45) is 0 Å². The van der Waals surface area contributed by atoms with Crippen LogP contribution in [0.15, 0.2) is 23.0 Å². The number of nitrogens with one attached hydrogen (secondary N) is 1. The minimum absolute atomic E-state index is 0.138. The van der Waals surface area contributed by atoms with Gasteiger partial charge in [0.15, 0.2) is 0 Å². The van der Waals surface area contributed by atoms with Crippen LogP contribution in [0.2, 0.25) is 5.02 Å². The molecule has 136 valence electrons. The monoisotopic (exact) mass is 384 g/mol. The SMILES string of the molecule is Cc1nn(CC(=O)Nc2ccc(Cl)cc2C(F)(F)F)c(=O)c(C#N)c1C. The molecule has 0 fully saturated rings. The number of nitriles is 1. The maximum Gasteiger partial charge on any atom is 0.418 e. The van der Waals surface area contributed by atoms with Crippen LogP contribution < -0.4 is 10.9 Å². The normalized spacial score (nSPS) is 11.1. The molecule has 0 bridgehead atoms. The van der Waals surface area contributed by atoms with Gasteiger partial charge in [-0.2, -0.15) is 23.5 Å². The van der Waals surface area contributed by atoms with Crippen molar-refractivity contribution in [1.29, 1.82) is 5.26 Å². The molecule has 2 rings (SSSR count). The van der Waals surface area contributed by atoms with Crippen molar-refractivity contribution in [2.75, 3.05) is 5.32 Å². The summed E-state index contributed by atoms with van der Waals surface area (Å²) in [6, 6.07) is 4.63. The molecular formula is C16H12ClF3N4O2. The summed E-state index contributed by atoms with van der Waals surface area (Å²) in [6.07, 6.45) is -4.73. The van der Waals surface area contributed by atoms with Crippen LogP contribution in [0.1, 0.15) is 22.4 Å². The van der Waals surface area contributed by atoms with Gasteiger partial charge in [-0.1, -0.05) is 11.6 Å². The Hall–Kier alpha value is -2.86. The summed E-state index contributed by atoms with van der Waals surface area (Å²) in [5.41, 5.74) is -1.84. The first-order valence-electron chi connectivity index (χ1n) is 7.19. The topological polar surface area (TPSA) is 87.8 Å². The highest BCUT2D eigenvalue weighted by atomic mass is 35.5. The molecule has 0 spiro atoms. The Morgan fingerprint density at radius 1 is 1.38 bits per heavy atom. The van der Waals surface area contributed by atoms with Crippen LogP contribution in [-0.4, -0.2) is 15.7 Å². The van der Waals surface area contributed by atoms with Crippen LogP contribution in [0.25, 0.3) is 0 Å². The molecule has 0 unspecified atom stereocenters. The third-order valence-corrected chi connectivity index (χ3v) is 3.84. The smallest absolute Gasteiger partial charge is 0.324 e. The molecule has 0 aliphatic heterocycles. The lowest BCUT2D eigenvalue weighted by Crippen LogP contribution is -2.32. The number of hydrogen-bond donors (Lipinski definition) is 1. The van der Waals surface area contributed by atoms with Crippen molar-refractivity contribution < 1.29 is 18.0 Å². The number of halogens is 4. The summed E-state index contributed by atoms with van der Waals surface area (Å²) >= 11 is 5.58. The lowest BCUT2D eigenvalue weighted by Gasteiger charge is -2.14. The molecule has 0 saturated heterocycles. The fourth-order valence-electron chi connectivity index (χ4n) is 2.20. The Morgan fingerprint density at radius 2 is 2.04 bits per heavy atom. The van der Waals surface area contributed by atoms with E-state index in [1.165, 1.54) is 13.0 Å². The standard InChI is InChI=1S/C16H12ClF3N4O2/c1-8-9(2)23-24(15(26)11(8)6-21)7-14(25)22-13-4-3-10(17)5-12(13)16(18,19)20/h3-5H,7H2,1-2H3,(H,22,25). The Bertz CT molecular complexity index is 977. The summed E-state index contributed by atoms with van der Waals surface area (Å²) in [5.74, 6) is -0.903. The molecule has 0 atom stereocenters. The van der Waals surface area contributed by atoms with E-state index in [4.69, 9.17) is 16.9 Å². The second kappa shape index (κ2) is 7.17. The van der Waals surface area contributed by atoms with Gasteiger partial charge in [-0.3, -0.25) is 9.59 Å². The molecule has 6 nitrogen and oxygen atoms in total. The van der Waals surface area contributed by atoms with Crippen LogP contribution >= 0.6 is 11.6 Å². The summed E-state index contributed by atoms with van der Waals surface area (Å²) in [7, 11) is 0. The number of carbonyl (C=O) groups is 1. The Kier molecular flexibility index (Phi) is 5.37. The second-order valence-corrected chi connectivity index (χ2v) is 5.83. The van der Waals surface area contributed by atoms with Crippen molar-refractivity contribution in [3.8, 4) is 6.07 Å². The molecule has 0 radical (unpaired) electrons. The maximum atomic E-state index is 13.1. The summed E-state index contributed by atoms with van der Waals surface area (Å²) in [4.78, 5) is 24.2. The summed E-state index contributed by atoms with van der Waals surface area (Å²) in [6.45, 7) is 2.44. The molecule has 1 aromatic carbocycles. The second-order valence-electron chi connectivity index (χ2n) is 5.40. The van der Waals surface area contributed by atoms with Crippen molar-refractivity contribution in [2.45, 2.75) is 26.6 Å². The maximum absolute atomic E-state index is 13.1. The van der Waals surface area contributed by atoms with Crippen molar-refractivity contribution >= 4 is 23.2 Å². The zero-order chi connectivity index (χ0) is 19.6. The fourth-order valence-corrected chi connectivity index (χ4v) is 2.37. The number of nitrogens with zero attached hydrogens (tertiary/aromatic N) is 3. The predicted molar refractivity (Wildman–Crippen MR) is 87.8 cm³/mol. The van der Waals surface area contributed by atoms with Gasteiger partial charge in [0.1, 0.15) is 18.2 Å². The number of anilines is 1. The van der Waals surface area contributed by atoms with E-state index in [-0.39, 0.29) is 10.6 Å². The molecular weight excluding hydrogens is 373 g/mol. The van der Waals surface area contributed by atoms with Gasteiger partial charge < -0.3 is 5.32 Å². The van der Waals surface area contributed by atoms with Gasteiger partial charge in [-0.05, 0) is 37.6 Å². The molecule has 1 amide bonds. The van der Waals surface area contributed by atoms with Gasteiger partial charge in [0.05, 0.1) is 16.9 Å². The van der Waals surface area contributed by atoms with Crippen LogP contribution in [0.3, 0.4) is 0 Å². The van der Waals surface area contributed by atoms with Crippen LogP contribution in [0.5, 0.6) is 0 Å². The number of aryl methyl sites for hydroxylation is 1. The number of carbonyl (C=O) groups excluding carboxylic acids is 1. The van der Waals surface area contributed by atoms with Gasteiger partial charge in [-0.25, -0.2) is 4.68 Å². The summed E-state index contributed by atoms with van der Waals surface area (Å²) in [5, 5.41) is 14.9. The molecule has 0 saturated carbocycles. The number of aromatic nitrogens is 2. The lowest BCUT2D eigenvalue weighted by atomic mass is 10.1. The molecule has 1 N–H and O–H groups in total. The average Bonchev–Trinajstić information content (AvgIpc) is 2.54. The van der Waals surface area contributed by atoms with E-state index in [1.54, 1.807) is 13.0 Å². The first-order valence-corrected chi connectivity index (χ1v) is 7.57. The summed E-state index contributed by atoms with van der Waals surface area (Å²) < 4.78 is 39.9. The molecule has 26 heavy (non-hydrogen) atoms. The highest BCUT2D eigenvalue weighted by Crippen LogP contribution is 2.36. The van der Waals surface area contributed by atoms with Crippen molar-refractivity contribution in [3.05, 3.63) is 56.0 Å². The molecule has 1 aromatic heterocycles. The van der Waals surface area contributed by atoms with Gasteiger partial charge in [-0.15, -0.1) is 0 Å². The van der Waals surface area contributed by atoms with Gasteiger partial charge >= 0.3 is 6.18 Å². The molecule has 10 heteroatoms.